The van der Waals surface area contributed by atoms with Crippen molar-refractivity contribution < 1.29 is 22.7 Å². The molecule has 0 aliphatic heterocycles. The van der Waals surface area contributed by atoms with Gasteiger partial charge in [-0.2, -0.15) is 0 Å². The minimum atomic E-state index is -4.73. The summed E-state index contributed by atoms with van der Waals surface area (Å²) in [5.41, 5.74) is 5.81. The van der Waals surface area contributed by atoms with Gasteiger partial charge in [0, 0.05) is 19.8 Å². The molecular weight excluding hydrogens is 349 g/mol. The van der Waals surface area contributed by atoms with Crippen LogP contribution in [-0.4, -0.2) is 43.8 Å². The molecule has 0 heterocycles. The summed E-state index contributed by atoms with van der Waals surface area (Å²) in [7, 11) is 3.44. The molecule has 1 fully saturated rings. The van der Waals surface area contributed by atoms with Crippen LogP contribution in [0, 0.1) is 5.41 Å². The first kappa shape index (κ1) is 19.9. The first-order valence-corrected chi connectivity index (χ1v) is 8.26. The van der Waals surface area contributed by atoms with E-state index in [1.807, 2.05) is 0 Å². The highest BCUT2D eigenvalue weighted by atomic mass is 19.4. The van der Waals surface area contributed by atoms with Gasteiger partial charge in [-0.15, -0.1) is 13.2 Å². The van der Waals surface area contributed by atoms with E-state index in [4.69, 9.17) is 5.73 Å². The highest BCUT2D eigenvalue weighted by molar-refractivity contribution is 5.92. The lowest BCUT2D eigenvalue weighted by atomic mass is 9.85. The van der Waals surface area contributed by atoms with Crippen molar-refractivity contribution in [3.8, 4) is 5.75 Å². The maximum absolute atomic E-state index is 12.5. The molecule has 0 spiro atoms. The van der Waals surface area contributed by atoms with Crippen molar-refractivity contribution in [2.75, 3.05) is 26.0 Å². The van der Waals surface area contributed by atoms with Gasteiger partial charge in [0.1, 0.15) is 5.75 Å². The van der Waals surface area contributed by atoms with Crippen molar-refractivity contribution in [3.05, 3.63) is 24.3 Å². The van der Waals surface area contributed by atoms with Crippen molar-refractivity contribution in [1.82, 2.24) is 4.90 Å². The zero-order valence-electron chi connectivity index (χ0n) is 14.8. The fraction of sp³-hybridized carbons (Fsp3) is 0.529. The first-order chi connectivity index (χ1) is 12.1. The van der Waals surface area contributed by atoms with E-state index in [1.165, 1.54) is 24.3 Å². The van der Waals surface area contributed by atoms with E-state index in [9.17, 15) is 18.0 Å². The van der Waals surface area contributed by atoms with Gasteiger partial charge in [-0.1, -0.05) is 12.8 Å². The number of ether oxygens (including phenoxy) is 1. The number of halogens is 3. The Labute approximate surface area is 150 Å². The number of carbonyl (C=O) groups is 1. The predicted octanol–water partition coefficient (Wildman–Crippen LogP) is 2.96. The number of carbonyl (C=O) groups excluding carboxylic acids is 1. The number of alkyl halides is 3. The zero-order valence-corrected chi connectivity index (χ0v) is 14.8. The summed E-state index contributed by atoms with van der Waals surface area (Å²) in [4.78, 5) is 18.3. The summed E-state index contributed by atoms with van der Waals surface area (Å²) in [6.45, 7) is 0.276. The van der Waals surface area contributed by atoms with Gasteiger partial charge in [-0.05, 0) is 37.1 Å². The van der Waals surface area contributed by atoms with Gasteiger partial charge in [-0.25, -0.2) is 0 Å². The van der Waals surface area contributed by atoms with Gasteiger partial charge in [-0.3, -0.25) is 9.79 Å². The van der Waals surface area contributed by atoms with Crippen LogP contribution in [0.4, 0.5) is 18.9 Å². The van der Waals surface area contributed by atoms with E-state index < -0.39 is 11.8 Å². The first-order valence-electron chi connectivity index (χ1n) is 8.26. The number of amides is 1. The van der Waals surface area contributed by atoms with E-state index in [2.05, 4.69) is 15.0 Å². The molecule has 0 bridgehead atoms. The summed E-state index contributed by atoms with van der Waals surface area (Å²) < 4.78 is 40.3. The van der Waals surface area contributed by atoms with Crippen LogP contribution in [-0.2, 0) is 4.79 Å². The maximum Gasteiger partial charge on any atom is 0.573 e. The third kappa shape index (κ3) is 5.27. The molecule has 0 unspecified atom stereocenters. The van der Waals surface area contributed by atoms with Gasteiger partial charge in [0.25, 0.3) is 0 Å². The van der Waals surface area contributed by atoms with Crippen molar-refractivity contribution >= 4 is 17.6 Å². The van der Waals surface area contributed by atoms with Gasteiger partial charge in [0.15, 0.2) is 5.96 Å². The second-order valence-corrected chi connectivity index (χ2v) is 6.59. The number of anilines is 1. The molecule has 1 amide bonds. The topological polar surface area (TPSA) is 80.0 Å². The molecule has 9 heteroatoms. The quantitative estimate of drug-likeness (QED) is 0.615. The second-order valence-electron chi connectivity index (χ2n) is 6.59. The average molecular weight is 372 g/mol. The van der Waals surface area contributed by atoms with Crippen molar-refractivity contribution in [1.29, 1.82) is 0 Å². The molecule has 1 saturated carbocycles. The third-order valence-corrected chi connectivity index (χ3v) is 4.33. The summed E-state index contributed by atoms with van der Waals surface area (Å²) in [6, 6.07) is 5.16. The Morgan fingerprint density at radius 1 is 1.27 bits per heavy atom. The summed E-state index contributed by atoms with van der Waals surface area (Å²) >= 11 is 0. The molecular formula is C17H23F3N4O2. The van der Waals surface area contributed by atoms with Crippen LogP contribution in [0.3, 0.4) is 0 Å². The van der Waals surface area contributed by atoms with Crippen LogP contribution in [0.2, 0.25) is 0 Å². The number of guanidine groups is 1. The Morgan fingerprint density at radius 2 is 1.85 bits per heavy atom. The van der Waals surface area contributed by atoms with Crippen LogP contribution in [0.5, 0.6) is 5.75 Å². The zero-order chi connectivity index (χ0) is 19.4. The van der Waals surface area contributed by atoms with Crippen molar-refractivity contribution in [3.63, 3.8) is 0 Å². The molecule has 3 N–H and O–H groups in total. The van der Waals surface area contributed by atoms with E-state index in [0.717, 1.165) is 25.7 Å². The molecule has 6 nitrogen and oxygen atoms in total. The molecule has 1 aliphatic rings. The van der Waals surface area contributed by atoms with Gasteiger partial charge < -0.3 is 20.7 Å². The number of rotatable bonds is 5. The van der Waals surface area contributed by atoms with Crippen LogP contribution in [0.1, 0.15) is 25.7 Å². The molecule has 0 atom stereocenters. The lowest BCUT2D eigenvalue weighted by Crippen LogP contribution is -2.41. The standard InChI is InChI=1S/C17H23F3N4O2/c1-24(2)14(25)16(9-3-4-10-16)11-22-15(21)23-12-5-7-13(8-6-12)26-17(18,19)20/h5-8H,3-4,9-11H2,1-2H3,(H3,21,22,23). The van der Waals surface area contributed by atoms with Crippen molar-refractivity contribution in [2.45, 2.75) is 32.0 Å². The molecule has 144 valence electrons. The van der Waals surface area contributed by atoms with E-state index in [0.29, 0.717) is 5.69 Å². The molecule has 26 heavy (non-hydrogen) atoms. The van der Waals surface area contributed by atoms with Crippen LogP contribution in [0.15, 0.2) is 29.3 Å². The normalized spacial score (nSPS) is 17.0. The second kappa shape index (κ2) is 7.84. The third-order valence-electron chi connectivity index (χ3n) is 4.33. The molecule has 0 saturated heterocycles. The molecule has 1 aromatic rings. The Kier molecular flexibility index (Phi) is 5.99. The highest BCUT2D eigenvalue weighted by Crippen LogP contribution is 2.39. The van der Waals surface area contributed by atoms with Crippen LogP contribution in [0.25, 0.3) is 0 Å². The Bertz CT molecular complexity index is 651. The van der Waals surface area contributed by atoms with Gasteiger partial charge in [0.05, 0.1) is 12.0 Å². The fourth-order valence-corrected chi connectivity index (χ4v) is 3.13. The summed E-state index contributed by atoms with van der Waals surface area (Å²) in [5.74, 6) is -0.174. The summed E-state index contributed by atoms with van der Waals surface area (Å²) in [6.07, 6.45) is -1.25. The number of benzene rings is 1. The Morgan fingerprint density at radius 3 is 2.35 bits per heavy atom. The smallest absolute Gasteiger partial charge is 0.406 e. The van der Waals surface area contributed by atoms with E-state index in [-0.39, 0.29) is 24.2 Å². The van der Waals surface area contributed by atoms with Gasteiger partial charge in [0.2, 0.25) is 5.91 Å². The van der Waals surface area contributed by atoms with Crippen LogP contribution >= 0.6 is 0 Å². The SMILES string of the molecule is CN(C)C(=O)C1(CN=C(N)Nc2ccc(OC(F)(F)F)cc2)CCCC1. The number of aliphatic imine (C=N–C) groups is 1. The minimum absolute atomic E-state index is 0.0419. The number of nitrogens with zero attached hydrogens (tertiary/aromatic N) is 2. The monoisotopic (exact) mass is 372 g/mol. The van der Waals surface area contributed by atoms with Crippen molar-refractivity contribution in [2.24, 2.45) is 16.1 Å². The lowest BCUT2D eigenvalue weighted by Gasteiger charge is -2.29. The Hall–Kier alpha value is -2.45. The maximum atomic E-state index is 12.5. The fourth-order valence-electron chi connectivity index (χ4n) is 3.13. The molecule has 2 rings (SSSR count). The lowest BCUT2D eigenvalue weighted by molar-refractivity contribution is -0.274. The van der Waals surface area contributed by atoms with Crippen LogP contribution < -0.4 is 15.8 Å². The summed E-state index contributed by atoms with van der Waals surface area (Å²) in [5, 5.41) is 2.81. The number of hydrogen-bond acceptors (Lipinski definition) is 3. The van der Waals surface area contributed by atoms with Gasteiger partial charge >= 0.3 is 6.36 Å². The average Bonchev–Trinajstić information content (AvgIpc) is 3.03. The van der Waals surface area contributed by atoms with E-state index in [1.54, 1.807) is 19.0 Å². The highest BCUT2D eigenvalue weighted by Gasteiger charge is 2.42. The molecule has 1 aliphatic carbocycles. The number of nitrogens with two attached hydrogens (primary N) is 1. The molecule has 0 radical (unpaired) electrons. The number of hydrogen-bond donors (Lipinski definition) is 2. The minimum Gasteiger partial charge on any atom is -0.406 e. The molecule has 1 aromatic carbocycles. The van der Waals surface area contributed by atoms with E-state index >= 15 is 0 Å². The predicted molar refractivity (Wildman–Crippen MR) is 92.8 cm³/mol. The number of nitrogens with one attached hydrogen (secondary N) is 1. The Balaban J connectivity index is 2.00. The molecule has 0 aromatic heterocycles. The largest absolute Gasteiger partial charge is 0.573 e.